The van der Waals surface area contributed by atoms with Crippen molar-refractivity contribution < 1.29 is 9.53 Å². The van der Waals surface area contributed by atoms with Crippen LogP contribution in [0.3, 0.4) is 0 Å². The van der Waals surface area contributed by atoms with Crippen LogP contribution in [-0.4, -0.2) is 28.7 Å². The third kappa shape index (κ3) is 4.55. The molecule has 0 aliphatic rings. The molecule has 1 N–H and O–H groups in total. The number of hydrogen-bond acceptors (Lipinski definition) is 4. The summed E-state index contributed by atoms with van der Waals surface area (Å²) in [5.74, 6) is -0.265. The highest BCUT2D eigenvalue weighted by Crippen LogP contribution is 2.16. The van der Waals surface area contributed by atoms with Gasteiger partial charge >= 0.3 is 5.97 Å². The number of nitrogens with zero attached hydrogens (tertiary/aromatic N) is 2. The Bertz CT molecular complexity index is 784. The molecule has 0 aliphatic heterocycles. The summed E-state index contributed by atoms with van der Waals surface area (Å²) < 4.78 is 6.86. The first kappa shape index (κ1) is 16.9. The molecule has 0 saturated carbocycles. The van der Waals surface area contributed by atoms with Gasteiger partial charge < -0.3 is 9.30 Å². The van der Waals surface area contributed by atoms with Gasteiger partial charge in [-0.1, -0.05) is 30.3 Å². The maximum absolute atomic E-state index is 12.0. The Morgan fingerprint density at radius 1 is 1.12 bits per heavy atom. The largest absolute Gasteiger partial charge is 0.468 e. The monoisotopic (exact) mass is 335 g/mol. The number of hydrogen-bond donors (Lipinski definition) is 1. The van der Waals surface area contributed by atoms with Gasteiger partial charge in [-0.15, -0.1) is 0 Å². The molecule has 2 heterocycles. The van der Waals surface area contributed by atoms with Crippen molar-refractivity contribution in [1.29, 1.82) is 0 Å². The van der Waals surface area contributed by atoms with Gasteiger partial charge in [-0.25, -0.2) is 0 Å². The van der Waals surface area contributed by atoms with E-state index in [-0.39, 0.29) is 5.97 Å². The van der Waals surface area contributed by atoms with Crippen molar-refractivity contribution >= 4 is 5.97 Å². The van der Waals surface area contributed by atoms with Gasteiger partial charge in [0.25, 0.3) is 0 Å². The summed E-state index contributed by atoms with van der Waals surface area (Å²) in [4.78, 5) is 16.3. The second kappa shape index (κ2) is 8.26. The lowest BCUT2D eigenvalue weighted by atomic mass is 10.1. The van der Waals surface area contributed by atoms with Gasteiger partial charge in [0.2, 0.25) is 0 Å². The first-order valence-corrected chi connectivity index (χ1v) is 8.18. The van der Waals surface area contributed by atoms with E-state index >= 15 is 0 Å². The molecule has 3 rings (SSSR count). The van der Waals surface area contributed by atoms with Crippen LogP contribution in [-0.2, 0) is 22.6 Å². The van der Waals surface area contributed by atoms with E-state index in [1.54, 1.807) is 6.20 Å². The van der Waals surface area contributed by atoms with Crippen LogP contribution in [0.4, 0.5) is 0 Å². The van der Waals surface area contributed by atoms with E-state index in [0.29, 0.717) is 13.1 Å². The molecule has 1 atom stereocenters. The number of benzene rings is 1. The van der Waals surface area contributed by atoms with E-state index in [9.17, 15) is 4.79 Å². The average molecular weight is 335 g/mol. The Balaban J connectivity index is 1.63. The van der Waals surface area contributed by atoms with E-state index in [4.69, 9.17) is 4.74 Å². The molecule has 1 aromatic carbocycles. The summed E-state index contributed by atoms with van der Waals surface area (Å²) >= 11 is 0. The minimum absolute atomic E-state index is 0.265. The second-order valence-electron chi connectivity index (χ2n) is 5.75. The summed E-state index contributed by atoms with van der Waals surface area (Å²) in [5, 5.41) is 3.27. The molecule has 3 aromatic rings. The number of nitrogens with one attached hydrogen (secondary N) is 1. The van der Waals surface area contributed by atoms with Crippen molar-refractivity contribution in [3.63, 3.8) is 0 Å². The summed E-state index contributed by atoms with van der Waals surface area (Å²) in [6, 6.07) is 17.5. The van der Waals surface area contributed by atoms with Crippen LogP contribution in [0.5, 0.6) is 0 Å². The fourth-order valence-corrected chi connectivity index (χ4v) is 2.64. The van der Waals surface area contributed by atoms with Crippen molar-refractivity contribution in [2.45, 2.75) is 19.1 Å². The summed E-state index contributed by atoms with van der Waals surface area (Å²) in [7, 11) is 1.41. The highest BCUT2D eigenvalue weighted by Gasteiger charge is 2.18. The Kier molecular flexibility index (Phi) is 5.59. The second-order valence-corrected chi connectivity index (χ2v) is 5.75. The number of rotatable bonds is 7. The molecular weight excluding hydrogens is 314 g/mol. The SMILES string of the molecule is COC(=O)[C@H](Cn1cccc1)NCc1ccc(-c2ccccn2)cc1. The standard InChI is InChI=1S/C20H21N3O2/c1-25-20(24)19(15-23-12-4-5-13-23)22-14-16-7-9-17(10-8-16)18-6-2-3-11-21-18/h2-13,19,22H,14-15H2,1H3/t19-/m0/s1. The molecule has 128 valence electrons. The highest BCUT2D eigenvalue weighted by atomic mass is 16.5. The van der Waals surface area contributed by atoms with E-state index < -0.39 is 6.04 Å². The van der Waals surface area contributed by atoms with E-state index in [2.05, 4.69) is 10.3 Å². The van der Waals surface area contributed by atoms with Gasteiger partial charge in [0.15, 0.2) is 0 Å². The molecule has 5 heteroatoms. The Morgan fingerprint density at radius 3 is 2.52 bits per heavy atom. The molecule has 0 spiro atoms. The van der Waals surface area contributed by atoms with Gasteiger partial charge in [-0.2, -0.15) is 0 Å². The third-order valence-electron chi connectivity index (χ3n) is 4.01. The molecule has 0 bridgehead atoms. The molecule has 0 saturated heterocycles. The first-order valence-electron chi connectivity index (χ1n) is 8.18. The van der Waals surface area contributed by atoms with Crippen LogP contribution < -0.4 is 5.32 Å². The molecule has 0 amide bonds. The van der Waals surface area contributed by atoms with Crippen molar-refractivity contribution in [3.8, 4) is 11.3 Å². The number of methoxy groups -OCH3 is 1. The van der Waals surface area contributed by atoms with E-state index in [0.717, 1.165) is 16.8 Å². The van der Waals surface area contributed by atoms with Crippen LogP contribution in [0, 0.1) is 0 Å². The Hall–Kier alpha value is -2.92. The summed E-state index contributed by atoms with van der Waals surface area (Å²) in [6.45, 7) is 1.12. The zero-order valence-electron chi connectivity index (χ0n) is 14.1. The first-order chi connectivity index (χ1) is 12.3. The van der Waals surface area contributed by atoms with Crippen molar-refractivity contribution in [2.75, 3.05) is 7.11 Å². The predicted molar refractivity (Wildman–Crippen MR) is 96.7 cm³/mol. The number of esters is 1. The van der Waals surface area contributed by atoms with Crippen LogP contribution in [0.2, 0.25) is 0 Å². The molecule has 2 aromatic heterocycles. The number of aromatic nitrogens is 2. The number of ether oxygens (including phenoxy) is 1. The number of carbonyl (C=O) groups excluding carboxylic acids is 1. The lowest BCUT2D eigenvalue weighted by Crippen LogP contribution is -2.40. The molecule has 0 aliphatic carbocycles. The van der Waals surface area contributed by atoms with E-state index in [1.807, 2.05) is 71.6 Å². The number of pyridine rings is 1. The molecule has 0 unspecified atom stereocenters. The zero-order valence-corrected chi connectivity index (χ0v) is 14.1. The van der Waals surface area contributed by atoms with Crippen molar-refractivity contribution in [3.05, 3.63) is 78.8 Å². The average Bonchev–Trinajstić information content (AvgIpc) is 3.19. The third-order valence-corrected chi connectivity index (χ3v) is 4.01. The van der Waals surface area contributed by atoms with Gasteiger partial charge in [-0.3, -0.25) is 15.1 Å². The molecule has 0 radical (unpaired) electrons. The Labute approximate surface area is 147 Å². The van der Waals surface area contributed by atoms with Gasteiger partial charge in [0.1, 0.15) is 6.04 Å². The predicted octanol–water partition coefficient (Wildman–Crippen LogP) is 2.88. The molecule has 25 heavy (non-hydrogen) atoms. The van der Waals surface area contributed by atoms with Crippen LogP contribution in [0.15, 0.2) is 73.2 Å². The van der Waals surface area contributed by atoms with Gasteiger partial charge in [0, 0.05) is 37.2 Å². The fourth-order valence-electron chi connectivity index (χ4n) is 2.64. The van der Waals surface area contributed by atoms with Crippen LogP contribution in [0.25, 0.3) is 11.3 Å². The molecule has 5 nitrogen and oxygen atoms in total. The Morgan fingerprint density at radius 2 is 1.88 bits per heavy atom. The normalized spacial score (nSPS) is 11.9. The van der Waals surface area contributed by atoms with Gasteiger partial charge in [0.05, 0.1) is 12.8 Å². The number of carbonyl (C=O) groups is 1. The van der Waals surface area contributed by atoms with Crippen molar-refractivity contribution in [1.82, 2.24) is 14.9 Å². The molecule has 0 fully saturated rings. The topological polar surface area (TPSA) is 56.1 Å². The minimum Gasteiger partial charge on any atom is -0.468 e. The smallest absolute Gasteiger partial charge is 0.324 e. The molecular formula is C20H21N3O2. The van der Waals surface area contributed by atoms with Crippen LogP contribution in [0.1, 0.15) is 5.56 Å². The fraction of sp³-hybridized carbons (Fsp3) is 0.200. The lowest BCUT2D eigenvalue weighted by molar-refractivity contribution is -0.143. The van der Waals surface area contributed by atoms with E-state index in [1.165, 1.54) is 7.11 Å². The minimum atomic E-state index is -0.395. The lowest BCUT2D eigenvalue weighted by Gasteiger charge is -2.17. The zero-order chi connectivity index (χ0) is 17.5. The quantitative estimate of drug-likeness (QED) is 0.675. The maximum atomic E-state index is 12.0. The summed E-state index contributed by atoms with van der Waals surface area (Å²) in [6.07, 6.45) is 5.64. The maximum Gasteiger partial charge on any atom is 0.324 e. The highest BCUT2D eigenvalue weighted by molar-refractivity contribution is 5.75. The van der Waals surface area contributed by atoms with Crippen molar-refractivity contribution in [2.24, 2.45) is 0 Å². The van der Waals surface area contributed by atoms with Gasteiger partial charge in [-0.05, 0) is 29.8 Å². The summed E-state index contributed by atoms with van der Waals surface area (Å²) in [5.41, 5.74) is 3.12. The van der Waals surface area contributed by atoms with Crippen LogP contribution >= 0.6 is 0 Å².